The average molecular weight is 389 g/mol. The third-order valence-electron chi connectivity index (χ3n) is 8.35. The lowest BCUT2D eigenvalue weighted by atomic mass is 9.53. The van der Waals surface area contributed by atoms with E-state index in [1.54, 1.807) is 6.92 Å². The van der Waals surface area contributed by atoms with Crippen molar-refractivity contribution in [2.75, 3.05) is 13.6 Å². The van der Waals surface area contributed by atoms with Crippen LogP contribution in [0, 0.1) is 11.3 Å². The summed E-state index contributed by atoms with van der Waals surface area (Å²) in [6.45, 7) is 2.28. The van der Waals surface area contributed by atoms with Crippen LogP contribution in [0.15, 0.2) is 60.7 Å². The van der Waals surface area contributed by atoms with Crippen molar-refractivity contribution in [3.05, 3.63) is 71.8 Å². The zero-order chi connectivity index (χ0) is 20.1. The molecule has 3 nitrogen and oxygen atoms in total. The molecule has 2 aromatic rings. The smallest absolute Gasteiger partial charge is 0.216 e. The third-order valence-corrected chi connectivity index (χ3v) is 8.35. The maximum absolute atomic E-state index is 11.9. The molecule has 3 heteroatoms. The molecule has 1 N–H and O–H groups in total. The zero-order valence-electron chi connectivity index (χ0n) is 17.6. The van der Waals surface area contributed by atoms with Crippen LogP contribution in [0.3, 0.4) is 0 Å². The summed E-state index contributed by atoms with van der Waals surface area (Å²) in [6, 6.07) is 23.3. The second-order valence-corrected chi connectivity index (χ2v) is 9.70. The molecule has 152 valence electrons. The van der Waals surface area contributed by atoms with Gasteiger partial charge in [-0.3, -0.25) is 9.69 Å². The van der Waals surface area contributed by atoms with Gasteiger partial charge in [0.2, 0.25) is 5.91 Å². The van der Waals surface area contributed by atoms with Crippen LogP contribution in [0.4, 0.5) is 0 Å². The summed E-state index contributed by atoms with van der Waals surface area (Å²) in [7, 11) is 2.33. The Labute approximate surface area is 174 Å². The first-order valence-electron chi connectivity index (χ1n) is 11.1. The van der Waals surface area contributed by atoms with Crippen LogP contribution in [0.25, 0.3) is 0 Å². The van der Waals surface area contributed by atoms with Crippen LogP contribution in [0.2, 0.25) is 0 Å². The van der Waals surface area contributed by atoms with Gasteiger partial charge in [-0.05, 0) is 56.2 Å². The number of carbonyl (C=O) groups excluding carboxylic acids is 1. The fraction of sp³-hybridized carbons (Fsp3) is 0.500. The molecule has 5 rings (SSSR count). The Bertz CT molecular complexity index is 841. The van der Waals surface area contributed by atoms with Crippen molar-refractivity contribution in [1.82, 2.24) is 10.2 Å². The number of nitrogens with one attached hydrogen (secondary N) is 1. The summed E-state index contributed by atoms with van der Waals surface area (Å²) in [5.41, 5.74) is 3.05. The maximum atomic E-state index is 11.9. The minimum atomic E-state index is -0.183. The van der Waals surface area contributed by atoms with Crippen molar-refractivity contribution in [3.8, 4) is 0 Å². The van der Waals surface area contributed by atoms with E-state index in [9.17, 15) is 4.79 Å². The third kappa shape index (κ3) is 2.85. The Balaban J connectivity index is 1.52. The standard InChI is InChI=1S/C26H32N2O/c1-19(29)27-18-26(21-9-5-3-6-10-21,22-11-7-4-8-12-22)17-20-15-24-25(16-20)14-13-23(25)28(24)2/h3-12,20,23-24H,13-18H2,1-2H3,(H,27,29)/t20-,23-,24-,25?/m0/s1. The van der Waals surface area contributed by atoms with Crippen LogP contribution in [-0.2, 0) is 10.2 Å². The molecule has 1 unspecified atom stereocenters. The first-order chi connectivity index (χ1) is 14.1. The summed E-state index contributed by atoms with van der Waals surface area (Å²) in [4.78, 5) is 14.6. The lowest BCUT2D eigenvalue weighted by molar-refractivity contribution is -0.174. The molecular weight excluding hydrogens is 356 g/mol. The quantitative estimate of drug-likeness (QED) is 0.797. The number of carbonyl (C=O) groups is 1. The van der Waals surface area contributed by atoms with Crippen LogP contribution in [-0.4, -0.2) is 36.5 Å². The minimum Gasteiger partial charge on any atom is -0.355 e. The Morgan fingerprint density at radius 2 is 1.69 bits per heavy atom. The molecule has 3 aliphatic rings. The number of rotatable bonds is 6. The van der Waals surface area contributed by atoms with Gasteiger partial charge in [-0.15, -0.1) is 0 Å². The van der Waals surface area contributed by atoms with E-state index < -0.39 is 0 Å². The Morgan fingerprint density at radius 3 is 2.17 bits per heavy atom. The van der Waals surface area contributed by atoms with Crippen LogP contribution < -0.4 is 5.32 Å². The van der Waals surface area contributed by atoms with Gasteiger partial charge in [-0.2, -0.15) is 0 Å². The summed E-state index contributed by atoms with van der Waals surface area (Å²) >= 11 is 0. The van der Waals surface area contributed by atoms with Crippen molar-refractivity contribution in [3.63, 3.8) is 0 Å². The Hall–Kier alpha value is -2.13. The van der Waals surface area contributed by atoms with Crippen molar-refractivity contribution in [1.29, 1.82) is 0 Å². The Morgan fingerprint density at radius 1 is 1.07 bits per heavy atom. The summed E-state index contributed by atoms with van der Waals surface area (Å²) in [5.74, 6) is 0.743. The lowest BCUT2D eigenvalue weighted by Gasteiger charge is -2.67. The van der Waals surface area contributed by atoms with Gasteiger partial charge < -0.3 is 5.32 Å². The number of nitrogens with zero attached hydrogens (tertiary/aromatic N) is 1. The number of hydrogen-bond donors (Lipinski definition) is 1. The molecule has 1 saturated heterocycles. The first-order valence-corrected chi connectivity index (χ1v) is 11.1. The van der Waals surface area contributed by atoms with E-state index in [1.807, 2.05) is 0 Å². The highest BCUT2D eigenvalue weighted by atomic mass is 16.1. The minimum absolute atomic E-state index is 0.0464. The largest absolute Gasteiger partial charge is 0.355 e. The van der Waals surface area contributed by atoms with E-state index in [-0.39, 0.29) is 11.3 Å². The van der Waals surface area contributed by atoms with Crippen LogP contribution in [0.5, 0.6) is 0 Å². The monoisotopic (exact) mass is 388 g/mol. The number of benzene rings is 2. The molecule has 0 bridgehead atoms. The average Bonchev–Trinajstić information content (AvgIpc) is 3.11. The summed E-state index contributed by atoms with van der Waals surface area (Å²) < 4.78 is 0. The highest BCUT2D eigenvalue weighted by molar-refractivity contribution is 5.73. The fourth-order valence-corrected chi connectivity index (χ4v) is 7.01. The van der Waals surface area contributed by atoms with Gasteiger partial charge in [0.15, 0.2) is 0 Å². The number of likely N-dealkylation sites (tertiary alicyclic amines) is 1. The van der Waals surface area contributed by atoms with Crippen molar-refractivity contribution in [2.45, 2.75) is 56.5 Å². The van der Waals surface area contributed by atoms with Crippen molar-refractivity contribution in [2.24, 2.45) is 11.3 Å². The molecular formula is C26H32N2O. The predicted octanol–water partition coefficient (Wildman–Crippen LogP) is 4.37. The lowest BCUT2D eigenvalue weighted by Crippen LogP contribution is -2.73. The molecule has 1 spiro atoms. The normalized spacial score (nSPS) is 30.6. The van der Waals surface area contributed by atoms with E-state index >= 15 is 0 Å². The molecule has 4 atom stereocenters. The van der Waals surface area contributed by atoms with E-state index in [4.69, 9.17) is 0 Å². The van der Waals surface area contributed by atoms with Gasteiger partial charge in [0, 0.05) is 36.4 Å². The number of amides is 1. The van der Waals surface area contributed by atoms with Gasteiger partial charge in [-0.1, -0.05) is 60.7 Å². The SMILES string of the molecule is CC(=O)NCC(C[C@H]1C[C@@H]2N(C)[C@H]3CCC32C1)(c1ccccc1)c1ccccc1. The van der Waals surface area contributed by atoms with Crippen molar-refractivity contribution < 1.29 is 4.79 Å². The second-order valence-electron chi connectivity index (χ2n) is 9.70. The molecule has 2 saturated carbocycles. The van der Waals surface area contributed by atoms with E-state index in [1.165, 1.54) is 36.8 Å². The second kappa shape index (κ2) is 6.98. The molecule has 1 aliphatic heterocycles. The maximum Gasteiger partial charge on any atom is 0.216 e. The van der Waals surface area contributed by atoms with E-state index in [2.05, 4.69) is 77.9 Å². The molecule has 0 aromatic heterocycles. The summed E-state index contributed by atoms with van der Waals surface area (Å²) in [5, 5.41) is 3.19. The van der Waals surface area contributed by atoms with E-state index in [0.717, 1.165) is 18.5 Å². The highest BCUT2D eigenvalue weighted by Crippen LogP contribution is 2.67. The van der Waals surface area contributed by atoms with Crippen molar-refractivity contribution >= 4 is 5.91 Å². The fourth-order valence-electron chi connectivity index (χ4n) is 7.01. The van der Waals surface area contributed by atoms with Crippen LogP contribution >= 0.6 is 0 Å². The molecule has 3 fully saturated rings. The topological polar surface area (TPSA) is 32.3 Å². The predicted molar refractivity (Wildman–Crippen MR) is 117 cm³/mol. The van der Waals surface area contributed by atoms with Crippen LogP contribution in [0.1, 0.15) is 50.2 Å². The molecule has 1 amide bonds. The highest BCUT2D eigenvalue weighted by Gasteiger charge is 2.67. The van der Waals surface area contributed by atoms with E-state index in [0.29, 0.717) is 17.9 Å². The molecule has 2 aromatic carbocycles. The number of hydrogen-bond acceptors (Lipinski definition) is 2. The van der Waals surface area contributed by atoms with Gasteiger partial charge in [-0.25, -0.2) is 0 Å². The Kier molecular flexibility index (Phi) is 4.54. The summed E-state index contributed by atoms with van der Waals surface area (Å²) in [6.07, 6.45) is 6.55. The zero-order valence-corrected chi connectivity index (χ0v) is 17.6. The molecule has 29 heavy (non-hydrogen) atoms. The molecule has 1 heterocycles. The number of piperidine rings is 1. The molecule has 2 aliphatic carbocycles. The molecule has 0 radical (unpaired) electrons. The van der Waals surface area contributed by atoms with Gasteiger partial charge in [0.1, 0.15) is 0 Å². The van der Waals surface area contributed by atoms with Gasteiger partial charge in [0.05, 0.1) is 0 Å². The van der Waals surface area contributed by atoms with Gasteiger partial charge in [0.25, 0.3) is 0 Å². The first kappa shape index (κ1) is 18.9. The van der Waals surface area contributed by atoms with Gasteiger partial charge >= 0.3 is 0 Å².